The lowest BCUT2D eigenvalue weighted by atomic mass is 9.88. The summed E-state index contributed by atoms with van der Waals surface area (Å²) < 4.78 is 13.8. The van der Waals surface area contributed by atoms with Gasteiger partial charge in [0.25, 0.3) is 0 Å². The smallest absolute Gasteiger partial charge is 0.303 e. The summed E-state index contributed by atoms with van der Waals surface area (Å²) in [5.74, 6) is -0.340. The number of carbonyl (C=O) groups is 1. The number of allylic oxidation sites excluding steroid dienone is 3. The number of aliphatic hydroxyl groups excluding tert-OH is 2. The van der Waals surface area contributed by atoms with Gasteiger partial charge in [-0.25, -0.2) is 4.39 Å². The lowest BCUT2D eigenvalue weighted by Crippen LogP contribution is -2.21. The van der Waals surface area contributed by atoms with Crippen molar-refractivity contribution in [1.82, 2.24) is 0 Å². The molecular formula is C21H33FO4. The number of aliphatic carboxylic acids is 1. The van der Waals surface area contributed by atoms with Crippen LogP contribution in [0.4, 0.5) is 4.39 Å². The van der Waals surface area contributed by atoms with Gasteiger partial charge in [0.2, 0.25) is 0 Å². The molecule has 5 heteroatoms. The Morgan fingerprint density at radius 3 is 2.77 bits per heavy atom. The van der Waals surface area contributed by atoms with Gasteiger partial charge in [0, 0.05) is 18.8 Å². The molecule has 3 unspecified atom stereocenters. The van der Waals surface area contributed by atoms with Crippen molar-refractivity contribution in [2.24, 2.45) is 17.8 Å². The van der Waals surface area contributed by atoms with E-state index in [0.717, 1.165) is 32.1 Å². The van der Waals surface area contributed by atoms with E-state index in [9.17, 15) is 19.4 Å². The summed E-state index contributed by atoms with van der Waals surface area (Å²) in [5, 5.41) is 29.5. The zero-order valence-corrected chi connectivity index (χ0v) is 15.7. The average molecular weight is 368 g/mol. The predicted octanol–water partition coefficient (Wildman–Crippen LogP) is 4.94. The van der Waals surface area contributed by atoms with Crippen molar-refractivity contribution in [2.45, 2.75) is 83.4 Å². The number of halogens is 1. The maximum absolute atomic E-state index is 13.8. The average Bonchev–Trinajstić information content (AvgIpc) is 3.10. The Kier molecular flexibility index (Phi) is 8.14. The topological polar surface area (TPSA) is 77.8 Å². The molecule has 0 radical (unpaired) electrons. The first kappa shape index (κ1) is 20.9. The number of rotatable bonds is 10. The number of carboxylic acids is 1. The minimum Gasteiger partial charge on any atom is -0.512 e. The number of unbranched alkanes of at least 4 members (excludes halogenated alkanes) is 2. The van der Waals surface area contributed by atoms with Crippen LogP contribution in [0.2, 0.25) is 0 Å². The first-order valence-corrected chi connectivity index (χ1v) is 10.0. The molecule has 4 nitrogen and oxygen atoms in total. The molecule has 2 saturated carbocycles. The molecule has 148 valence electrons. The van der Waals surface area contributed by atoms with E-state index >= 15 is 0 Å². The summed E-state index contributed by atoms with van der Waals surface area (Å²) >= 11 is 0. The Labute approximate surface area is 155 Å². The van der Waals surface area contributed by atoms with Gasteiger partial charge < -0.3 is 15.3 Å². The molecule has 2 fully saturated rings. The van der Waals surface area contributed by atoms with Gasteiger partial charge in [-0.05, 0) is 56.4 Å². The van der Waals surface area contributed by atoms with Crippen molar-refractivity contribution in [3.8, 4) is 0 Å². The van der Waals surface area contributed by atoms with Gasteiger partial charge in [-0.1, -0.05) is 31.4 Å². The van der Waals surface area contributed by atoms with Gasteiger partial charge >= 0.3 is 5.97 Å². The number of alkyl halides is 1. The Balaban J connectivity index is 1.89. The number of hydrogen-bond acceptors (Lipinski definition) is 3. The molecule has 0 amide bonds. The number of fused-ring (bicyclic) bond motifs is 1. The zero-order chi connectivity index (χ0) is 19.1. The van der Waals surface area contributed by atoms with E-state index in [2.05, 4.69) is 6.08 Å². The molecule has 5 atom stereocenters. The third-order valence-electron chi connectivity index (χ3n) is 5.87. The number of aliphatic hydroxyl groups is 2. The van der Waals surface area contributed by atoms with Crippen LogP contribution in [0.5, 0.6) is 0 Å². The molecule has 0 aromatic rings. The van der Waals surface area contributed by atoms with Crippen LogP contribution >= 0.6 is 0 Å². The minimum absolute atomic E-state index is 0.149. The Bertz CT molecular complexity index is 528. The molecule has 3 N–H and O–H groups in total. The second kappa shape index (κ2) is 10.1. The van der Waals surface area contributed by atoms with E-state index in [1.54, 1.807) is 6.08 Å². The van der Waals surface area contributed by atoms with Crippen LogP contribution < -0.4 is 0 Å². The fourth-order valence-electron chi connectivity index (χ4n) is 4.53. The van der Waals surface area contributed by atoms with E-state index in [1.807, 2.05) is 6.92 Å². The van der Waals surface area contributed by atoms with Crippen LogP contribution in [-0.4, -0.2) is 33.6 Å². The Hall–Kier alpha value is -1.36. The molecule has 0 aromatic heterocycles. The highest BCUT2D eigenvalue weighted by molar-refractivity contribution is 5.66. The third kappa shape index (κ3) is 5.83. The molecule has 2 aliphatic rings. The monoisotopic (exact) mass is 368 g/mol. The van der Waals surface area contributed by atoms with Crippen molar-refractivity contribution in [2.75, 3.05) is 0 Å². The molecule has 0 bridgehead atoms. The molecular weight excluding hydrogens is 335 g/mol. The molecule has 2 rings (SSSR count). The highest BCUT2D eigenvalue weighted by Gasteiger charge is 2.47. The largest absolute Gasteiger partial charge is 0.512 e. The molecule has 0 aliphatic heterocycles. The van der Waals surface area contributed by atoms with Crippen LogP contribution in [0.25, 0.3) is 0 Å². The molecule has 0 spiro atoms. The van der Waals surface area contributed by atoms with Crippen LogP contribution in [0.1, 0.15) is 71.1 Å². The molecule has 26 heavy (non-hydrogen) atoms. The van der Waals surface area contributed by atoms with Gasteiger partial charge in [-0.15, -0.1) is 0 Å². The maximum atomic E-state index is 13.8. The summed E-state index contributed by atoms with van der Waals surface area (Å²) in [6.45, 7) is 2.03. The predicted molar refractivity (Wildman–Crippen MR) is 99.6 cm³/mol. The van der Waals surface area contributed by atoms with Crippen LogP contribution in [-0.2, 0) is 4.79 Å². The highest BCUT2D eigenvalue weighted by Crippen LogP contribution is 2.51. The van der Waals surface area contributed by atoms with E-state index in [4.69, 9.17) is 5.11 Å². The van der Waals surface area contributed by atoms with E-state index in [0.29, 0.717) is 25.2 Å². The third-order valence-corrected chi connectivity index (χ3v) is 5.87. The van der Waals surface area contributed by atoms with Crippen molar-refractivity contribution < 1.29 is 24.5 Å². The maximum Gasteiger partial charge on any atom is 0.303 e. The van der Waals surface area contributed by atoms with Crippen molar-refractivity contribution in [3.05, 3.63) is 23.5 Å². The summed E-state index contributed by atoms with van der Waals surface area (Å²) in [4.78, 5) is 10.6. The summed E-state index contributed by atoms with van der Waals surface area (Å²) in [6, 6.07) is 0. The van der Waals surface area contributed by atoms with Gasteiger partial charge in [0.1, 0.15) is 6.17 Å². The summed E-state index contributed by atoms with van der Waals surface area (Å²) in [6.07, 6.45) is 8.78. The minimum atomic E-state index is -0.931. The Morgan fingerprint density at radius 2 is 2.08 bits per heavy atom. The van der Waals surface area contributed by atoms with Crippen LogP contribution in [0.3, 0.4) is 0 Å². The van der Waals surface area contributed by atoms with Gasteiger partial charge in [-0.2, -0.15) is 0 Å². The number of hydrogen-bond donors (Lipinski definition) is 3. The Morgan fingerprint density at radius 1 is 1.31 bits per heavy atom. The van der Waals surface area contributed by atoms with Crippen molar-refractivity contribution in [1.29, 1.82) is 0 Å². The molecule has 0 heterocycles. The van der Waals surface area contributed by atoms with Gasteiger partial charge in [0.15, 0.2) is 0 Å². The lowest BCUT2D eigenvalue weighted by molar-refractivity contribution is -0.137. The number of carboxylic acid groups (broad SMARTS) is 1. The van der Waals surface area contributed by atoms with Crippen LogP contribution in [0, 0.1) is 17.8 Å². The summed E-state index contributed by atoms with van der Waals surface area (Å²) in [5.41, 5.74) is 1.31. The fraction of sp³-hybridized carbons (Fsp3) is 0.762. The van der Waals surface area contributed by atoms with E-state index in [1.165, 1.54) is 5.57 Å². The van der Waals surface area contributed by atoms with Gasteiger partial charge in [-0.3, -0.25) is 4.79 Å². The highest BCUT2D eigenvalue weighted by atomic mass is 19.1. The normalized spacial score (nSPS) is 31.3. The standard InChI is InChI=1S/C21H33FO4/c1-2-3-7-16(22)9-10-18(23)21-17-12-14(6-4-5-8-20(25)26)11-15(17)13-19(21)24/h6,10,15-17,19,21,23-24H,2-5,7-9,11-13H2,1H3,(H,25,26)/b14-6+,18-10+/t15-,16?,17?,19+,21?/m0/s1. The van der Waals surface area contributed by atoms with Gasteiger partial charge in [0.05, 0.1) is 11.9 Å². The second-order valence-corrected chi connectivity index (χ2v) is 7.91. The first-order chi connectivity index (χ1) is 12.4. The quantitative estimate of drug-likeness (QED) is 0.290. The molecule has 2 aliphatic carbocycles. The van der Waals surface area contributed by atoms with Crippen LogP contribution in [0.15, 0.2) is 23.5 Å². The van der Waals surface area contributed by atoms with Crippen molar-refractivity contribution in [3.63, 3.8) is 0 Å². The lowest BCUT2D eigenvalue weighted by Gasteiger charge is -2.20. The first-order valence-electron chi connectivity index (χ1n) is 10.0. The van der Waals surface area contributed by atoms with Crippen molar-refractivity contribution >= 4 is 5.97 Å². The molecule has 0 saturated heterocycles. The SMILES string of the molecule is CCCCC(F)C/C=C(/O)C1C2C/C(=C/CCCC(=O)O)C[C@H]2C[C@H]1O. The zero-order valence-electron chi connectivity index (χ0n) is 15.7. The summed E-state index contributed by atoms with van der Waals surface area (Å²) in [7, 11) is 0. The second-order valence-electron chi connectivity index (χ2n) is 7.91. The molecule has 0 aromatic carbocycles. The fourth-order valence-corrected chi connectivity index (χ4v) is 4.53. The van der Waals surface area contributed by atoms with E-state index < -0.39 is 18.2 Å². The van der Waals surface area contributed by atoms with E-state index in [-0.39, 0.29) is 30.4 Å².